The van der Waals surface area contributed by atoms with Gasteiger partial charge in [-0.05, 0) is 56.9 Å². The molecule has 1 aromatic carbocycles. The average Bonchev–Trinajstić information content (AvgIpc) is 2.60. The third kappa shape index (κ3) is 3.40. The van der Waals surface area contributed by atoms with Gasteiger partial charge < -0.3 is 10.2 Å². The van der Waals surface area contributed by atoms with Gasteiger partial charge in [0.1, 0.15) is 11.6 Å². The van der Waals surface area contributed by atoms with Gasteiger partial charge in [0.05, 0.1) is 17.3 Å². The van der Waals surface area contributed by atoms with Gasteiger partial charge in [-0.15, -0.1) is 0 Å². The SMILES string of the molecule is Cc1nc(C2CCC(C(F)(F)F)CC2)n(-c2ccc(O)cc2)c(=O)c1O. The Labute approximate surface area is 147 Å². The van der Waals surface area contributed by atoms with Gasteiger partial charge in [-0.2, -0.15) is 13.2 Å². The summed E-state index contributed by atoms with van der Waals surface area (Å²) in [4.78, 5) is 16.9. The third-order valence-corrected chi connectivity index (χ3v) is 4.92. The molecule has 2 N–H and O–H groups in total. The number of phenols is 1. The molecule has 0 unspecified atom stereocenters. The predicted molar refractivity (Wildman–Crippen MR) is 88.7 cm³/mol. The number of aromatic hydroxyl groups is 2. The van der Waals surface area contributed by atoms with Crippen molar-refractivity contribution in [3.8, 4) is 17.2 Å². The smallest absolute Gasteiger partial charge is 0.391 e. The summed E-state index contributed by atoms with van der Waals surface area (Å²) >= 11 is 0. The number of benzene rings is 1. The van der Waals surface area contributed by atoms with Crippen LogP contribution in [0.5, 0.6) is 11.5 Å². The number of aromatic nitrogens is 2. The van der Waals surface area contributed by atoms with Crippen molar-refractivity contribution in [1.29, 1.82) is 0 Å². The van der Waals surface area contributed by atoms with Crippen LogP contribution in [0.2, 0.25) is 0 Å². The van der Waals surface area contributed by atoms with Gasteiger partial charge in [0.25, 0.3) is 0 Å². The number of hydrogen-bond donors (Lipinski definition) is 2. The van der Waals surface area contributed by atoms with Gasteiger partial charge >= 0.3 is 11.7 Å². The minimum absolute atomic E-state index is 0.0123. The van der Waals surface area contributed by atoms with Crippen LogP contribution in [-0.4, -0.2) is 25.9 Å². The summed E-state index contributed by atoms with van der Waals surface area (Å²) in [6.45, 7) is 1.49. The second-order valence-electron chi connectivity index (χ2n) is 6.65. The molecular weight excluding hydrogens is 349 g/mol. The van der Waals surface area contributed by atoms with E-state index < -0.39 is 23.4 Å². The topological polar surface area (TPSA) is 75.3 Å². The molecule has 0 amide bonds. The number of hydrogen-bond acceptors (Lipinski definition) is 4. The summed E-state index contributed by atoms with van der Waals surface area (Å²) in [5.41, 5.74) is -0.127. The lowest BCUT2D eigenvalue weighted by molar-refractivity contribution is -0.182. The average molecular weight is 368 g/mol. The molecule has 0 bridgehead atoms. The Morgan fingerprint density at radius 2 is 1.65 bits per heavy atom. The normalized spacial score (nSPS) is 20.9. The highest BCUT2D eigenvalue weighted by Gasteiger charge is 2.42. The van der Waals surface area contributed by atoms with Crippen molar-refractivity contribution < 1.29 is 23.4 Å². The predicted octanol–water partition coefficient (Wildman–Crippen LogP) is 3.79. The molecule has 2 aromatic rings. The van der Waals surface area contributed by atoms with E-state index in [4.69, 9.17) is 0 Å². The summed E-state index contributed by atoms with van der Waals surface area (Å²) in [5, 5.41) is 19.4. The Morgan fingerprint density at radius 3 is 2.19 bits per heavy atom. The highest BCUT2D eigenvalue weighted by Crippen LogP contribution is 2.42. The molecule has 1 fully saturated rings. The van der Waals surface area contributed by atoms with Crippen LogP contribution in [0.1, 0.15) is 43.1 Å². The fraction of sp³-hybridized carbons (Fsp3) is 0.444. The van der Waals surface area contributed by atoms with Crippen LogP contribution < -0.4 is 5.56 Å². The van der Waals surface area contributed by atoms with Crippen LogP contribution >= 0.6 is 0 Å². The van der Waals surface area contributed by atoms with Crippen LogP contribution in [-0.2, 0) is 0 Å². The molecule has 1 aromatic heterocycles. The number of aryl methyl sites for hydroxylation is 1. The monoisotopic (exact) mass is 368 g/mol. The molecule has 8 heteroatoms. The molecule has 5 nitrogen and oxygen atoms in total. The second-order valence-corrected chi connectivity index (χ2v) is 6.65. The molecule has 1 aliphatic carbocycles. The third-order valence-electron chi connectivity index (χ3n) is 4.92. The minimum atomic E-state index is -4.21. The van der Waals surface area contributed by atoms with Crippen molar-refractivity contribution in [1.82, 2.24) is 9.55 Å². The molecule has 0 saturated heterocycles. The van der Waals surface area contributed by atoms with Crippen LogP contribution in [0, 0.1) is 12.8 Å². The number of halogens is 3. The molecule has 140 valence electrons. The van der Waals surface area contributed by atoms with E-state index in [-0.39, 0.29) is 43.0 Å². The summed E-state index contributed by atoms with van der Waals surface area (Å²) in [5.74, 6) is -1.78. The Bertz CT molecular complexity index is 852. The van der Waals surface area contributed by atoms with Gasteiger partial charge in [0.2, 0.25) is 5.75 Å². The van der Waals surface area contributed by atoms with Gasteiger partial charge in [0.15, 0.2) is 0 Å². The van der Waals surface area contributed by atoms with E-state index in [2.05, 4.69) is 4.98 Å². The zero-order valence-corrected chi connectivity index (χ0v) is 14.1. The number of alkyl halides is 3. The standard InChI is InChI=1S/C18H19F3N2O3/c1-10-15(25)17(26)23(13-6-8-14(24)9-7-13)16(22-10)11-2-4-12(5-3-11)18(19,20)21/h6-9,11-12,24-25H,2-5H2,1H3. The first kappa shape index (κ1) is 18.3. The molecule has 0 radical (unpaired) electrons. The lowest BCUT2D eigenvalue weighted by atomic mass is 9.81. The van der Waals surface area contributed by atoms with E-state index in [1.807, 2.05) is 0 Å². The Morgan fingerprint density at radius 1 is 1.08 bits per heavy atom. The molecule has 1 aliphatic rings. The lowest BCUT2D eigenvalue weighted by Gasteiger charge is -2.30. The van der Waals surface area contributed by atoms with Crippen molar-refractivity contribution in [2.75, 3.05) is 0 Å². The van der Waals surface area contributed by atoms with E-state index in [1.165, 1.54) is 35.8 Å². The van der Waals surface area contributed by atoms with E-state index in [1.54, 1.807) is 0 Å². The molecule has 0 spiro atoms. The molecule has 1 saturated carbocycles. The fourth-order valence-electron chi connectivity index (χ4n) is 3.44. The van der Waals surface area contributed by atoms with Crippen molar-refractivity contribution in [2.24, 2.45) is 5.92 Å². The van der Waals surface area contributed by atoms with Gasteiger partial charge in [-0.25, -0.2) is 4.98 Å². The second kappa shape index (κ2) is 6.66. The lowest BCUT2D eigenvalue weighted by Crippen LogP contribution is -2.31. The molecule has 3 rings (SSSR count). The van der Waals surface area contributed by atoms with Crippen LogP contribution in [0.25, 0.3) is 5.69 Å². The van der Waals surface area contributed by atoms with Gasteiger partial charge in [-0.1, -0.05) is 0 Å². The zero-order chi connectivity index (χ0) is 19.1. The van der Waals surface area contributed by atoms with Gasteiger partial charge in [0, 0.05) is 5.92 Å². The summed E-state index contributed by atoms with van der Waals surface area (Å²) in [6, 6.07) is 5.78. The molecule has 0 aliphatic heterocycles. The number of rotatable bonds is 2. The Hall–Kier alpha value is -2.51. The number of nitrogens with zero attached hydrogens (tertiary/aromatic N) is 2. The molecular formula is C18H19F3N2O3. The largest absolute Gasteiger partial charge is 0.508 e. The van der Waals surface area contributed by atoms with E-state index in [0.29, 0.717) is 11.5 Å². The zero-order valence-electron chi connectivity index (χ0n) is 14.1. The summed E-state index contributed by atoms with van der Waals surface area (Å²) < 4.78 is 39.9. The Kier molecular flexibility index (Phi) is 4.68. The van der Waals surface area contributed by atoms with Crippen molar-refractivity contribution >= 4 is 0 Å². The quantitative estimate of drug-likeness (QED) is 0.846. The Balaban J connectivity index is 2.02. The van der Waals surface area contributed by atoms with E-state index in [9.17, 15) is 28.2 Å². The summed E-state index contributed by atoms with van der Waals surface area (Å²) in [7, 11) is 0. The van der Waals surface area contributed by atoms with Crippen LogP contribution in [0.4, 0.5) is 13.2 Å². The van der Waals surface area contributed by atoms with Crippen molar-refractivity contribution in [2.45, 2.75) is 44.7 Å². The maximum Gasteiger partial charge on any atom is 0.391 e. The van der Waals surface area contributed by atoms with E-state index in [0.717, 1.165) is 0 Å². The van der Waals surface area contributed by atoms with Crippen LogP contribution in [0.3, 0.4) is 0 Å². The molecule has 0 atom stereocenters. The maximum atomic E-state index is 12.9. The first-order valence-corrected chi connectivity index (χ1v) is 8.37. The highest BCUT2D eigenvalue weighted by molar-refractivity contribution is 5.40. The highest BCUT2D eigenvalue weighted by atomic mass is 19.4. The number of phenolic OH excluding ortho intramolecular Hbond substituents is 1. The minimum Gasteiger partial charge on any atom is -0.508 e. The molecule has 26 heavy (non-hydrogen) atoms. The first-order chi connectivity index (χ1) is 12.2. The summed E-state index contributed by atoms with van der Waals surface area (Å²) in [6.07, 6.45) is -3.71. The molecule has 1 heterocycles. The van der Waals surface area contributed by atoms with Crippen LogP contribution in [0.15, 0.2) is 29.1 Å². The maximum absolute atomic E-state index is 12.9. The first-order valence-electron chi connectivity index (χ1n) is 8.37. The van der Waals surface area contributed by atoms with Crippen molar-refractivity contribution in [3.63, 3.8) is 0 Å². The fourth-order valence-corrected chi connectivity index (χ4v) is 3.44. The van der Waals surface area contributed by atoms with E-state index >= 15 is 0 Å². The van der Waals surface area contributed by atoms with Crippen molar-refractivity contribution in [3.05, 3.63) is 46.1 Å². The van der Waals surface area contributed by atoms with Gasteiger partial charge in [-0.3, -0.25) is 9.36 Å².